The molecule has 82 valence electrons. The standard InChI is InChI=1S/C12H17NO2/c1-12(2,3)10(13)11(14)15-9-7-5-4-6-8-9/h4-8,10H,13H2,1-3H3/t10-/m1/s1. The summed E-state index contributed by atoms with van der Waals surface area (Å²) in [6, 6.07) is 8.33. The lowest BCUT2D eigenvalue weighted by molar-refractivity contribution is -0.138. The summed E-state index contributed by atoms with van der Waals surface area (Å²) in [7, 11) is 0. The van der Waals surface area contributed by atoms with Gasteiger partial charge in [-0.1, -0.05) is 39.0 Å². The van der Waals surface area contributed by atoms with Crippen LogP contribution in [0.1, 0.15) is 20.8 Å². The molecule has 0 saturated carbocycles. The molecule has 1 atom stereocenters. The molecule has 15 heavy (non-hydrogen) atoms. The maximum absolute atomic E-state index is 11.6. The summed E-state index contributed by atoms with van der Waals surface area (Å²) in [5, 5.41) is 0. The van der Waals surface area contributed by atoms with Crippen LogP contribution in [0.25, 0.3) is 0 Å². The van der Waals surface area contributed by atoms with E-state index in [9.17, 15) is 4.79 Å². The van der Waals surface area contributed by atoms with Crippen molar-refractivity contribution in [2.75, 3.05) is 0 Å². The molecule has 0 amide bonds. The fourth-order valence-electron chi connectivity index (χ4n) is 1.02. The van der Waals surface area contributed by atoms with Gasteiger partial charge in [-0.25, -0.2) is 4.79 Å². The molecular formula is C12H17NO2. The van der Waals surface area contributed by atoms with E-state index in [1.54, 1.807) is 12.1 Å². The van der Waals surface area contributed by atoms with Crippen molar-refractivity contribution in [2.24, 2.45) is 11.1 Å². The first-order valence-electron chi connectivity index (χ1n) is 4.93. The Bertz CT molecular complexity index is 327. The van der Waals surface area contributed by atoms with Gasteiger partial charge in [-0.05, 0) is 17.5 Å². The van der Waals surface area contributed by atoms with E-state index in [0.29, 0.717) is 5.75 Å². The van der Waals surface area contributed by atoms with Gasteiger partial charge in [0.2, 0.25) is 0 Å². The van der Waals surface area contributed by atoms with Crippen LogP contribution in [0, 0.1) is 5.41 Å². The van der Waals surface area contributed by atoms with Crippen LogP contribution in [0.3, 0.4) is 0 Å². The Morgan fingerprint density at radius 1 is 1.27 bits per heavy atom. The topological polar surface area (TPSA) is 52.3 Å². The molecule has 3 nitrogen and oxygen atoms in total. The predicted molar refractivity (Wildman–Crippen MR) is 59.5 cm³/mol. The van der Waals surface area contributed by atoms with Gasteiger partial charge in [0, 0.05) is 0 Å². The number of para-hydroxylation sites is 1. The lowest BCUT2D eigenvalue weighted by Crippen LogP contribution is -2.44. The summed E-state index contributed by atoms with van der Waals surface area (Å²) in [5.41, 5.74) is 5.48. The number of nitrogens with two attached hydrogens (primary N) is 1. The molecule has 1 rings (SSSR count). The highest BCUT2D eigenvalue weighted by atomic mass is 16.5. The first-order valence-corrected chi connectivity index (χ1v) is 4.93. The zero-order valence-electron chi connectivity index (χ0n) is 9.36. The van der Waals surface area contributed by atoms with Crippen molar-refractivity contribution in [1.29, 1.82) is 0 Å². The molecule has 0 saturated heterocycles. The summed E-state index contributed by atoms with van der Waals surface area (Å²) in [6.45, 7) is 5.72. The number of rotatable bonds is 2. The molecular weight excluding hydrogens is 190 g/mol. The van der Waals surface area contributed by atoms with Crippen LogP contribution in [0.4, 0.5) is 0 Å². The van der Waals surface area contributed by atoms with Crippen molar-refractivity contribution >= 4 is 5.97 Å². The zero-order chi connectivity index (χ0) is 11.5. The van der Waals surface area contributed by atoms with E-state index in [0.717, 1.165) is 0 Å². The summed E-state index contributed by atoms with van der Waals surface area (Å²) in [6.07, 6.45) is 0. The highest BCUT2D eigenvalue weighted by Crippen LogP contribution is 2.19. The minimum atomic E-state index is -0.613. The number of hydrogen-bond acceptors (Lipinski definition) is 3. The molecule has 0 bridgehead atoms. The van der Waals surface area contributed by atoms with E-state index < -0.39 is 12.0 Å². The second-order valence-electron chi connectivity index (χ2n) is 4.58. The van der Waals surface area contributed by atoms with E-state index in [4.69, 9.17) is 10.5 Å². The first-order chi connectivity index (χ1) is 6.91. The van der Waals surface area contributed by atoms with Crippen LogP contribution in [0.5, 0.6) is 5.75 Å². The average Bonchev–Trinajstić information content (AvgIpc) is 2.16. The smallest absolute Gasteiger partial charge is 0.328 e. The summed E-state index contributed by atoms with van der Waals surface area (Å²) < 4.78 is 5.14. The maximum atomic E-state index is 11.6. The van der Waals surface area contributed by atoms with Gasteiger partial charge in [0.15, 0.2) is 0 Å². The van der Waals surface area contributed by atoms with Crippen molar-refractivity contribution in [3.05, 3.63) is 30.3 Å². The van der Waals surface area contributed by atoms with Crippen LogP contribution >= 0.6 is 0 Å². The monoisotopic (exact) mass is 207 g/mol. The number of carbonyl (C=O) groups is 1. The summed E-state index contributed by atoms with van der Waals surface area (Å²) in [4.78, 5) is 11.6. The van der Waals surface area contributed by atoms with Gasteiger partial charge < -0.3 is 10.5 Å². The molecule has 0 heterocycles. The Morgan fingerprint density at radius 3 is 2.27 bits per heavy atom. The van der Waals surface area contributed by atoms with E-state index in [1.165, 1.54) is 0 Å². The molecule has 0 aliphatic carbocycles. The second kappa shape index (κ2) is 4.45. The molecule has 0 aliphatic rings. The van der Waals surface area contributed by atoms with Crippen LogP contribution in [0.2, 0.25) is 0 Å². The number of benzene rings is 1. The fraction of sp³-hybridized carbons (Fsp3) is 0.417. The van der Waals surface area contributed by atoms with Gasteiger partial charge in [-0.2, -0.15) is 0 Å². The Kier molecular flexibility index (Phi) is 3.48. The molecule has 1 aromatic carbocycles. The summed E-state index contributed by atoms with van der Waals surface area (Å²) in [5.74, 6) is 0.135. The minimum Gasteiger partial charge on any atom is -0.425 e. The zero-order valence-corrected chi connectivity index (χ0v) is 9.36. The molecule has 1 aromatic rings. The summed E-state index contributed by atoms with van der Waals surface area (Å²) >= 11 is 0. The fourth-order valence-corrected chi connectivity index (χ4v) is 1.02. The van der Waals surface area contributed by atoms with E-state index >= 15 is 0 Å². The van der Waals surface area contributed by atoms with Gasteiger partial charge in [0.25, 0.3) is 0 Å². The van der Waals surface area contributed by atoms with Crippen molar-refractivity contribution < 1.29 is 9.53 Å². The van der Waals surface area contributed by atoms with Gasteiger partial charge in [0.05, 0.1) is 0 Å². The highest BCUT2D eigenvalue weighted by molar-refractivity contribution is 5.78. The Morgan fingerprint density at radius 2 is 1.80 bits per heavy atom. The third-order valence-electron chi connectivity index (χ3n) is 2.15. The number of esters is 1. The van der Waals surface area contributed by atoms with Crippen LogP contribution in [0.15, 0.2) is 30.3 Å². The second-order valence-corrected chi connectivity index (χ2v) is 4.58. The van der Waals surface area contributed by atoms with Crippen molar-refractivity contribution in [3.63, 3.8) is 0 Å². The third kappa shape index (κ3) is 3.36. The normalized spacial score (nSPS) is 13.3. The van der Waals surface area contributed by atoms with E-state index in [1.807, 2.05) is 39.0 Å². The van der Waals surface area contributed by atoms with Crippen LogP contribution < -0.4 is 10.5 Å². The van der Waals surface area contributed by atoms with E-state index in [2.05, 4.69) is 0 Å². The van der Waals surface area contributed by atoms with Gasteiger partial charge in [0.1, 0.15) is 11.8 Å². The molecule has 0 aromatic heterocycles. The average molecular weight is 207 g/mol. The number of carbonyl (C=O) groups excluding carboxylic acids is 1. The van der Waals surface area contributed by atoms with Gasteiger partial charge >= 0.3 is 5.97 Å². The molecule has 0 unspecified atom stereocenters. The Labute approximate surface area is 90.2 Å². The SMILES string of the molecule is CC(C)(C)[C@H](N)C(=O)Oc1ccccc1. The van der Waals surface area contributed by atoms with Crippen LogP contribution in [-0.4, -0.2) is 12.0 Å². The molecule has 0 fully saturated rings. The number of ether oxygens (including phenoxy) is 1. The highest BCUT2D eigenvalue weighted by Gasteiger charge is 2.29. The molecule has 0 radical (unpaired) electrons. The lowest BCUT2D eigenvalue weighted by Gasteiger charge is -2.24. The maximum Gasteiger partial charge on any atom is 0.328 e. The van der Waals surface area contributed by atoms with Crippen molar-refractivity contribution in [1.82, 2.24) is 0 Å². The number of hydrogen-bond donors (Lipinski definition) is 1. The molecule has 2 N–H and O–H groups in total. The largest absolute Gasteiger partial charge is 0.425 e. The predicted octanol–water partition coefficient (Wildman–Crippen LogP) is 1.97. The Balaban J connectivity index is 2.65. The van der Waals surface area contributed by atoms with E-state index in [-0.39, 0.29) is 5.41 Å². The molecule has 0 aliphatic heterocycles. The third-order valence-corrected chi connectivity index (χ3v) is 2.15. The first kappa shape index (κ1) is 11.7. The van der Waals surface area contributed by atoms with Crippen LogP contribution in [-0.2, 0) is 4.79 Å². The molecule has 0 spiro atoms. The quantitative estimate of drug-likeness (QED) is 0.596. The van der Waals surface area contributed by atoms with Crippen molar-refractivity contribution in [3.8, 4) is 5.75 Å². The van der Waals surface area contributed by atoms with Crippen molar-refractivity contribution in [2.45, 2.75) is 26.8 Å². The van der Waals surface area contributed by atoms with Gasteiger partial charge in [-0.15, -0.1) is 0 Å². The Hall–Kier alpha value is -1.35. The van der Waals surface area contributed by atoms with Gasteiger partial charge in [-0.3, -0.25) is 0 Å². The molecule has 3 heteroatoms. The lowest BCUT2D eigenvalue weighted by atomic mass is 9.87. The minimum absolute atomic E-state index is 0.286.